The van der Waals surface area contributed by atoms with E-state index in [2.05, 4.69) is 45.7 Å². The van der Waals surface area contributed by atoms with Crippen molar-refractivity contribution in [1.82, 2.24) is 15.4 Å². The largest absolute Gasteiger partial charge is 0.376 e. The van der Waals surface area contributed by atoms with Gasteiger partial charge in [-0.3, -0.25) is 0 Å². The Morgan fingerprint density at radius 2 is 1.30 bits per heavy atom. The van der Waals surface area contributed by atoms with Crippen LogP contribution in [-0.4, -0.2) is 22.5 Å². The first kappa shape index (κ1) is 22.6. The summed E-state index contributed by atoms with van der Waals surface area (Å²) in [6.45, 7) is 12.0. The molecule has 0 saturated carbocycles. The second-order valence-corrected chi connectivity index (χ2v) is 5.19. The van der Waals surface area contributed by atoms with Crippen molar-refractivity contribution in [2.24, 2.45) is 0 Å². The lowest BCUT2D eigenvalue weighted by Crippen LogP contribution is -2.10. The van der Waals surface area contributed by atoms with Crippen LogP contribution in [0.1, 0.15) is 58.8 Å². The quantitative estimate of drug-likeness (QED) is 0.537. The molecule has 1 aliphatic rings. The summed E-state index contributed by atoms with van der Waals surface area (Å²) in [6.07, 6.45) is 0.850. The number of aromatic nitrogens is 3. The van der Waals surface area contributed by atoms with Crippen molar-refractivity contribution in [2.45, 2.75) is 54.1 Å². The molecular weight excluding hydrogens is 334 g/mol. The summed E-state index contributed by atoms with van der Waals surface area (Å²) in [5, 5.41) is 11.5. The molecule has 4 nitrogen and oxygen atoms in total. The van der Waals surface area contributed by atoms with Gasteiger partial charge in [0.25, 0.3) is 0 Å². The van der Waals surface area contributed by atoms with Gasteiger partial charge in [-0.15, -0.1) is 0 Å². The third-order valence-corrected chi connectivity index (χ3v) is 4.07. The molecule has 146 valence electrons. The fourth-order valence-corrected chi connectivity index (χ4v) is 3.05. The second kappa shape index (κ2) is 12.0. The lowest BCUT2D eigenvalue weighted by molar-refractivity contribution is 0.104. The average Bonchev–Trinajstić information content (AvgIpc) is 3.25. The minimum Gasteiger partial charge on any atom is -0.376 e. The maximum atomic E-state index is 5.74. The second-order valence-electron chi connectivity index (χ2n) is 5.19. The molecule has 1 atom stereocenters. The van der Waals surface area contributed by atoms with Crippen molar-refractivity contribution in [3.05, 3.63) is 59.7 Å². The molecule has 1 aliphatic carbocycles. The molecule has 0 spiro atoms. The molecule has 1 aromatic heterocycles. The third-order valence-electron chi connectivity index (χ3n) is 4.07. The molecule has 0 amide bonds. The molecular formula is C23H33N3O. The zero-order valence-electron chi connectivity index (χ0n) is 17.7. The predicted octanol–water partition coefficient (Wildman–Crippen LogP) is 6.46. The molecule has 4 rings (SSSR count). The molecule has 1 heterocycles. The van der Waals surface area contributed by atoms with E-state index in [0.29, 0.717) is 0 Å². The Bertz CT molecular complexity index is 796. The molecule has 0 saturated heterocycles. The molecule has 4 heteroatoms. The number of ether oxygens (including phenoxy) is 1. The van der Waals surface area contributed by atoms with Gasteiger partial charge in [0.05, 0.1) is 6.10 Å². The van der Waals surface area contributed by atoms with Crippen molar-refractivity contribution < 1.29 is 4.74 Å². The van der Waals surface area contributed by atoms with E-state index < -0.39 is 0 Å². The normalized spacial score (nSPS) is 13.4. The van der Waals surface area contributed by atoms with Gasteiger partial charge in [-0.2, -0.15) is 15.4 Å². The van der Waals surface area contributed by atoms with E-state index in [0.717, 1.165) is 34.5 Å². The topological polar surface area (TPSA) is 50.8 Å². The Morgan fingerprint density at radius 1 is 0.778 bits per heavy atom. The molecule has 0 fully saturated rings. The Labute approximate surface area is 164 Å². The third kappa shape index (κ3) is 4.83. The van der Waals surface area contributed by atoms with Crippen LogP contribution in [0.4, 0.5) is 0 Å². The minimum absolute atomic E-state index is 0.0206. The minimum atomic E-state index is 0.0206. The fourth-order valence-electron chi connectivity index (χ4n) is 3.05. The van der Waals surface area contributed by atoms with E-state index in [1.54, 1.807) is 7.11 Å². The number of nitrogens with one attached hydrogen (secondary N) is 1. The molecule has 1 unspecified atom stereocenters. The molecule has 1 N–H and O–H groups in total. The maximum absolute atomic E-state index is 5.74. The number of nitrogens with zero attached hydrogens (tertiary/aromatic N) is 2. The van der Waals surface area contributed by atoms with E-state index in [-0.39, 0.29) is 6.10 Å². The van der Waals surface area contributed by atoms with Gasteiger partial charge in [0.15, 0.2) is 0 Å². The Kier molecular flexibility index (Phi) is 10.1. The highest BCUT2D eigenvalue weighted by Gasteiger charge is 2.25. The van der Waals surface area contributed by atoms with Gasteiger partial charge in [0.1, 0.15) is 11.4 Å². The van der Waals surface area contributed by atoms with E-state index in [9.17, 15) is 0 Å². The van der Waals surface area contributed by atoms with Gasteiger partial charge in [-0.25, -0.2) is 0 Å². The van der Waals surface area contributed by atoms with Crippen LogP contribution in [0.2, 0.25) is 0 Å². The van der Waals surface area contributed by atoms with E-state index in [1.165, 1.54) is 5.56 Å². The van der Waals surface area contributed by atoms with Crippen LogP contribution in [0.5, 0.6) is 0 Å². The summed E-state index contributed by atoms with van der Waals surface area (Å²) in [4.78, 5) is 0. The maximum Gasteiger partial charge on any atom is 0.121 e. The molecule has 0 aliphatic heterocycles. The smallest absolute Gasteiger partial charge is 0.121 e. The summed E-state index contributed by atoms with van der Waals surface area (Å²) in [5.41, 5.74) is 6.39. The van der Waals surface area contributed by atoms with Gasteiger partial charge >= 0.3 is 0 Å². The van der Waals surface area contributed by atoms with Gasteiger partial charge in [0.2, 0.25) is 0 Å². The summed E-state index contributed by atoms with van der Waals surface area (Å²) < 4.78 is 5.74. The monoisotopic (exact) mass is 367 g/mol. The number of hydrogen-bond donors (Lipinski definition) is 1. The van der Waals surface area contributed by atoms with Crippen molar-refractivity contribution >= 4 is 0 Å². The molecule has 27 heavy (non-hydrogen) atoms. The first-order valence-electron chi connectivity index (χ1n) is 9.99. The highest BCUT2D eigenvalue weighted by Crippen LogP contribution is 2.39. The predicted molar refractivity (Wildman–Crippen MR) is 115 cm³/mol. The zero-order chi connectivity index (χ0) is 20.2. The van der Waals surface area contributed by atoms with E-state index >= 15 is 0 Å². The van der Waals surface area contributed by atoms with Gasteiger partial charge < -0.3 is 4.74 Å². The standard InChI is InChI=1S/C17H15N3O.3C2H6/c1-21-15-10-11-6-2-3-7-12(11)16-17(19-20-18-16)14-9-5-4-8-13(14)15;3*1-2/h2-9,15H,10H2,1H3,(H,18,19,20);3*1-2H3. The van der Waals surface area contributed by atoms with E-state index in [1.807, 2.05) is 59.7 Å². The lowest BCUT2D eigenvalue weighted by Gasteiger charge is -2.22. The van der Waals surface area contributed by atoms with Crippen LogP contribution >= 0.6 is 0 Å². The average molecular weight is 368 g/mol. The van der Waals surface area contributed by atoms with Crippen molar-refractivity contribution in [1.29, 1.82) is 0 Å². The fraction of sp³-hybridized carbons (Fsp3) is 0.391. The molecule has 2 aromatic carbocycles. The first-order chi connectivity index (χ1) is 13.4. The van der Waals surface area contributed by atoms with E-state index in [4.69, 9.17) is 4.74 Å². The Hall–Kier alpha value is -2.46. The van der Waals surface area contributed by atoms with Crippen LogP contribution in [0, 0.1) is 0 Å². The molecule has 0 bridgehead atoms. The summed E-state index contributed by atoms with van der Waals surface area (Å²) in [5.74, 6) is 0. The number of aromatic amines is 1. The molecule has 3 aromatic rings. The Balaban J connectivity index is 0.000000556. The molecule has 0 radical (unpaired) electrons. The number of rotatable bonds is 1. The van der Waals surface area contributed by atoms with Crippen molar-refractivity contribution in [2.75, 3.05) is 7.11 Å². The van der Waals surface area contributed by atoms with Gasteiger partial charge in [0, 0.05) is 24.7 Å². The number of hydrogen-bond acceptors (Lipinski definition) is 3. The number of H-pyrrole nitrogens is 1. The summed E-state index contributed by atoms with van der Waals surface area (Å²) >= 11 is 0. The number of benzene rings is 2. The van der Waals surface area contributed by atoms with Crippen LogP contribution in [0.25, 0.3) is 22.5 Å². The van der Waals surface area contributed by atoms with Crippen LogP contribution in [0.3, 0.4) is 0 Å². The summed E-state index contributed by atoms with van der Waals surface area (Å²) in [7, 11) is 1.76. The van der Waals surface area contributed by atoms with Crippen LogP contribution in [-0.2, 0) is 11.2 Å². The van der Waals surface area contributed by atoms with Gasteiger partial charge in [-0.1, -0.05) is 90.1 Å². The SMILES string of the molecule is CC.CC.CC.COC1Cc2ccccc2-c2n[nH]nc2-c2ccccc21. The van der Waals surface area contributed by atoms with Crippen molar-refractivity contribution in [3.8, 4) is 22.5 Å². The van der Waals surface area contributed by atoms with Gasteiger partial charge in [-0.05, 0) is 11.1 Å². The number of fused-ring (bicyclic) bond motifs is 5. The van der Waals surface area contributed by atoms with Crippen LogP contribution in [0.15, 0.2) is 48.5 Å². The highest BCUT2D eigenvalue weighted by atomic mass is 16.5. The zero-order valence-corrected chi connectivity index (χ0v) is 17.7. The van der Waals surface area contributed by atoms with Crippen LogP contribution < -0.4 is 0 Å². The van der Waals surface area contributed by atoms with Crippen molar-refractivity contribution in [3.63, 3.8) is 0 Å². The first-order valence-corrected chi connectivity index (χ1v) is 9.99. The summed E-state index contributed by atoms with van der Waals surface area (Å²) in [6, 6.07) is 16.6. The highest BCUT2D eigenvalue weighted by molar-refractivity contribution is 5.81. The Morgan fingerprint density at radius 3 is 1.93 bits per heavy atom. The lowest BCUT2D eigenvalue weighted by atomic mass is 9.88. The number of methoxy groups -OCH3 is 1.